The number of ketones is 1. The molecule has 0 spiro atoms. The number of hydrogen-bond acceptors (Lipinski definition) is 4. The number of aliphatic carboxylic acids is 1. The van der Waals surface area contributed by atoms with Crippen LogP contribution < -0.4 is 4.72 Å². The van der Waals surface area contributed by atoms with Crippen LogP contribution >= 0.6 is 0 Å². The highest BCUT2D eigenvalue weighted by molar-refractivity contribution is 7.89. The molecular formula is C13H15NO5S. The van der Waals surface area contributed by atoms with Crippen LogP contribution in [0.15, 0.2) is 29.2 Å². The van der Waals surface area contributed by atoms with Gasteiger partial charge in [-0.1, -0.05) is 12.1 Å². The van der Waals surface area contributed by atoms with Gasteiger partial charge in [0, 0.05) is 12.1 Å². The highest BCUT2D eigenvalue weighted by Crippen LogP contribution is 2.45. The zero-order valence-electron chi connectivity index (χ0n) is 10.9. The molecule has 7 heteroatoms. The van der Waals surface area contributed by atoms with Crippen molar-refractivity contribution in [2.24, 2.45) is 5.41 Å². The fourth-order valence-electron chi connectivity index (χ4n) is 1.80. The minimum atomic E-state index is -3.75. The molecule has 1 aliphatic carbocycles. The van der Waals surface area contributed by atoms with Crippen LogP contribution in [-0.2, 0) is 14.8 Å². The largest absolute Gasteiger partial charge is 0.481 e. The van der Waals surface area contributed by atoms with Gasteiger partial charge in [0.25, 0.3) is 0 Å². The normalized spacial score (nSPS) is 16.6. The molecule has 1 aromatic carbocycles. The van der Waals surface area contributed by atoms with Crippen molar-refractivity contribution < 1.29 is 23.1 Å². The summed E-state index contributed by atoms with van der Waals surface area (Å²) in [5.74, 6) is -1.13. The van der Waals surface area contributed by atoms with Crippen LogP contribution in [0.2, 0.25) is 0 Å². The molecule has 0 aliphatic heterocycles. The molecule has 0 amide bonds. The van der Waals surface area contributed by atoms with Gasteiger partial charge in [0.1, 0.15) is 0 Å². The lowest BCUT2D eigenvalue weighted by atomic mass is 10.1. The molecule has 2 rings (SSSR count). The Morgan fingerprint density at radius 2 is 1.80 bits per heavy atom. The first kappa shape index (κ1) is 14.7. The number of rotatable bonds is 6. The van der Waals surface area contributed by atoms with Gasteiger partial charge in [0.2, 0.25) is 10.0 Å². The van der Waals surface area contributed by atoms with Crippen molar-refractivity contribution in [3.8, 4) is 0 Å². The predicted molar refractivity (Wildman–Crippen MR) is 70.9 cm³/mol. The maximum absolute atomic E-state index is 12.0. The van der Waals surface area contributed by atoms with Crippen LogP contribution in [0.25, 0.3) is 0 Å². The number of carbonyl (C=O) groups excluding carboxylic acids is 1. The summed E-state index contributed by atoms with van der Waals surface area (Å²) >= 11 is 0. The molecule has 0 heterocycles. The van der Waals surface area contributed by atoms with Crippen LogP contribution in [0.3, 0.4) is 0 Å². The monoisotopic (exact) mass is 297 g/mol. The molecule has 1 aliphatic rings. The number of carboxylic acid groups (broad SMARTS) is 1. The van der Waals surface area contributed by atoms with E-state index in [0.29, 0.717) is 18.4 Å². The zero-order valence-corrected chi connectivity index (χ0v) is 11.7. The summed E-state index contributed by atoms with van der Waals surface area (Å²) in [5.41, 5.74) is -0.528. The van der Waals surface area contributed by atoms with Gasteiger partial charge in [-0.15, -0.1) is 0 Å². The lowest BCUT2D eigenvalue weighted by Crippen LogP contribution is -2.34. The Hall–Kier alpha value is -1.73. The smallest absolute Gasteiger partial charge is 0.310 e. The molecule has 1 fully saturated rings. The number of benzene rings is 1. The fourth-order valence-corrected chi connectivity index (χ4v) is 2.93. The fraction of sp³-hybridized carbons (Fsp3) is 0.385. The van der Waals surface area contributed by atoms with E-state index in [4.69, 9.17) is 5.11 Å². The summed E-state index contributed by atoms with van der Waals surface area (Å²) in [5, 5.41) is 9.00. The summed E-state index contributed by atoms with van der Waals surface area (Å²) in [7, 11) is -3.75. The van der Waals surface area contributed by atoms with Gasteiger partial charge in [0.05, 0.1) is 10.3 Å². The van der Waals surface area contributed by atoms with Crippen molar-refractivity contribution in [1.29, 1.82) is 0 Å². The Morgan fingerprint density at radius 3 is 2.20 bits per heavy atom. The van der Waals surface area contributed by atoms with Gasteiger partial charge in [-0.3, -0.25) is 9.59 Å². The number of sulfonamides is 1. The van der Waals surface area contributed by atoms with E-state index in [-0.39, 0.29) is 17.2 Å². The molecule has 0 unspecified atom stereocenters. The third-order valence-corrected chi connectivity index (χ3v) is 4.90. The second kappa shape index (κ2) is 4.99. The van der Waals surface area contributed by atoms with Crippen molar-refractivity contribution in [1.82, 2.24) is 4.72 Å². The first-order valence-electron chi connectivity index (χ1n) is 6.11. The van der Waals surface area contributed by atoms with Crippen LogP contribution in [-0.4, -0.2) is 31.8 Å². The van der Waals surface area contributed by atoms with E-state index in [1.165, 1.54) is 31.2 Å². The standard InChI is InChI=1S/C13H15NO5S/c1-9(15)10-2-4-11(5-3-10)20(18,19)14-8-13(6-7-13)12(16)17/h2-5,14H,6-8H2,1H3,(H,16,17). The van der Waals surface area contributed by atoms with Gasteiger partial charge < -0.3 is 5.11 Å². The molecule has 2 N–H and O–H groups in total. The minimum Gasteiger partial charge on any atom is -0.481 e. The van der Waals surface area contributed by atoms with Crippen molar-refractivity contribution in [2.75, 3.05) is 6.54 Å². The van der Waals surface area contributed by atoms with Crippen molar-refractivity contribution in [2.45, 2.75) is 24.7 Å². The molecule has 20 heavy (non-hydrogen) atoms. The Labute approximate surface area is 116 Å². The molecule has 0 atom stereocenters. The highest BCUT2D eigenvalue weighted by atomic mass is 32.2. The third-order valence-electron chi connectivity index (χ3n) is 3.48. The summed E-state index contributed by atoms with van der Waals surface area (Å²) in [4.78, 5) is 22.1. The van der Waals surface area contributed by atoms with Gasteiger partial charge in [0.15, 0.2) is 5.78 Å². The van der Waals surface area contributed by atoms with Gasteiger partial charge >= 0.3 is 5.97 Å². The van der Waals surface area contributed by atoms with Crippen LogP contribution in [0.1, 0.15) is 30.1 Å². The molecule has 0 aromatic heterocycles. The summed E-state index contributed by atoms with van der Waals surface area (Å²) in [6, 6.07) is 5.53. The zero-order chi connectivity index (χ0) is 15.0. The van der Waals surface area contributed by atoms with Gasteiger partial charge in [-0.25, -0.2) is 13.1 Å². The second-order valence-corrected chi connectivity index (χ2v) is 6.76. The molecule has 0 saturated heterocycles. The van der Waals surface area contributed by atoms with E-state index in [0.717, 1.165) is 0 Å². The Balaban J connectivity index is 2.10. The molecule has 108 valence electrons. The van der Waals surface area contributed by atoms with E-state index in [9.17, 15) is 18.0 Å². The van der Waals surface area contributed by atoms with E-state index < -0.39 is 21.4 Å². The first-order valence-corrected chi connectivity index (χ1v) is 7.59. The lowest BCUT2D eigenvalue weighted by Gasteiger charge is -2.11. The molecule has 0 radical (unpaired) electrons. The summed E-state index contributed by atoms with van der Waals surface area (Å²) in [6.07, 6.45) is 0.961. The molecule has 1 aromatic rings. The number of carbonyl (C=O) groups is 2. The topological polar surface area (TPSA) is 101 Å². The number of carboxylic acids is 1. The maximum Gasteiger partial charge on any atom is 0.310 e. The van der Waals surface area contributed by atoms with Crippen molar-refractivity contribution in [3.63, 3.8) is 0 Å². The van der Waals surface area contributed by atoms with Gasteiger partial charge in [-0.05, 0) is 31.9 Å². The lowest BCUT2D eigenvalue weighted by molar-refractivity contribution is -0.143. The van der Waals surface area contributed by atoms with Crippen LogP contribution in [0.5, 0.6) is 0 Å². The number of nitrogens with one attached hydrogen (secondary N) is 1. The Morgan fingerprint density at radius 1 is 1.25 bits per heavy atom. The molecule has 6 nitrogen and oxygen atoms in total. The summed E-state index contributed by atoms with van der Waals surface area (Å²) < 4.78 is 26.4. The van der Waals surface area contributed by atoms with Crippen molar-refractivity contribution in [3.05, 3.63) is 29.8 Å². The van der Waals surface area contributed by atoms with E-state index in [2.05, 4.69) is 4.72 Å². The number of Topliss-reactive ketones (excluding diaryl/α,β-unsaturated/α-hetero) is 1. The van der Waals surface area contributed by atoms with Gasteiger partial charge in [-0.2, -0.15) is 0 Å². The molecule has 1 saturated carbocycles. The van der Waals surface area contributed by atoms with Crippen molar-refractivity contribution >= 4 is 21.8 Å². The summed E-state index contributed by atoms with van der Waals surface area (Å²) in [6.45, 7) is 1.28. The quantitative estimate of drug-likeness (QED) is 0.764. The first-order chi connectivity index (χ1) is 9.27. The molecule has 0 bridgehead atoms. The predicted octanol–water partition coefficient (Wildman–Crippen LogP) is 1.03. The van der Waals surface area contributed by atoms with E-state index in [1.807, 2.05) is 0 Å². The minimum absolute atomic E-state index is 0.0173. The second-order valence-electron chi connectivity index (χ2n) is 4.99. The maximum atomic E-state index is 12.0. The average Bonchev–Trinajstić information content (AvgIpc) is 3.18. The Kier molecular flexibility index (Phi) is 3.66. The highest BCUT2D eigenvalue weighted by Gasteiger charge is 2.50. The van der Waals surface area contributed by atoms with E-state index in [1.54, 1.807) is 0 Å². The van der Waals surface area contributed by atoms with E-state index >= 15 is 0 Å². The van der Waals surface area contributed by atoms with Crippen LogP contribution in [0.4, 0.5) is 0 Å². The average molecular weight is 297 g/mol. The molecular weight excluding hydrogens is 282 g/mol. The number of hydrogen-bond donors (Lipinski definition) is 2. The Bertz CT molecular complexity index is 644. The SMILES string of the molecule is CC(=O)c1ccc(S(=O)(=O)NCC2(C(=O)O)CC2)cc1. The third kappa shape index (κ3) is 2.88. The van der Waals surface area contributed by atoms with Crippen LogP contribution in [0, 0.1) is 5.41 Å².